The minimum atomic E-state index is -0.581. The predicted molar refractivity (Wildman–Crippen MR) is 111 cm³/mol. The molecule has 2 aliphatic heterocycles. The summed E-state index contributed by atoms with van der Waals surface area (Å²) in [5, 5.41) is 7.64. The standard InChI is InChI=1S/C20H21BrN4O4/c21-18-10-15(29-24-18)11-22-20(27)25-9-3-6-17(25)19(26)28-12-14-8-7-13-4-1-2-5-16(13)23-14/h1-2,4-5,7-8,15,17H,3,6,9-12H2,(H,22,27)/t15?,17-/m0/s1. The molecular weight excluding hydrogens is 440 g/mol. The van der Waals surface area contributed by atoms with Crippen LogP contribution in [-0.4, -0.2) is 51.7 Å². The van der Waals surface area contributed by atoms with Crippen LogP contribution in [0.3, 0.4) is 0 Å². The van der Waals surface area contributed by atoms with Gasteiger partial charge in [0.05, 0.1) is 17.8 Å². The summed E-state index contributed by atoms with van der Waals surface area (Å²) >= 11 is 3.27. The number of nitrogens with zero attached hydrogens (tertiary/aromatic N) is 3. The number of halogens is 1. The zero-order valence-electron chi connectivity index (χ0n) is 15.7. The SMILES string of the molecule is O=C(OCc1ccc2ccccc2n1)[C@@H]1CCCN1C(=O)NCC1CC(Br)=NO1. The highest BCUT2D eigenvalue weighted by Gasteiger charge is 2.35. The second-order valence-corrected chi connectivity index (χ2v) is 7.95. The van der Waals surface area contributed by atoms with E-state index in [9.17, 15) is 9.59 Å². The molecule has 1 saturated heterocycles. The van der Waals surface area contributed by atoms with Gasteiger partial charge >= 0.3 is 12.0 Å². The van der Waals surface area contributed by atoms with Crippen LogP contribution in [0.5, 0.6) is 0 Å². The van der Waals surface area contributed by atoms with Crippen LogP contribution in [0.15, 0.2) is 41.6 Å². The summed E-state index contributed by atoms with van der Waals surface area (Å²) in [5.74, 6) is -0.407. The molecule has 1 aromatic heterocycles. The summed E-state index contributed by atoms with van der Waals surface area (Å²) in [6.07, 6.45) is 1.77. The molecule has 2 aromatic rings. The van der Waals surface area contributed by atoms with Gasteiger partial charge < -0.3 is 19.8 Å². The largest absolute Gasteiger partial charge is 0.458 e. The molecule has 0 aliphatic carbocycles. The fourth-order valence-electron chi connectivity index (χ4n) is 3.49. The molecule has 1 N–H and O–H groups in total. The number of urea groups is 1. The summed E-state index contributed by atoms with van der Waals surface area (Å²) in [5.41, 5.74) is 1.53. The molecule has 4 rings (SSSR count). The first kappa shape index (κ1) is 19.6. The van der Waals surface area contributed by atoms with Crippen molar-refractivity contribution >= 4 is 43.5 Å². The average molecular weight is 461 g/mol. The number of aromatic nitrogens is 1. The number of carbonyl (C=O) groups is 2. The van der Waals surface area contributed by atoms with Gasteiger partial charge in [0.25, 0.3) is 0 Å². The molecule has 0 spiro atoms. The predicted octanol–water partition coefficient (Wildman–Crippen LogP) is 2.95. The van der Waals surface area contributed by atoms with Crippen molar-refractivity contribution in [2.24, 2.45) is 5.16 Å². The van der Waals surface area contributed by atoms with Crippen molar-refractivity contribution in [3.8, 4) is 0 Å². The lowest BCUT2D eigenvalue weighted by molar-refractivity contribution is -0.149. The number of rotatable bonds is 5. The molecule has 0 saturated carbocycles. The topological polar surface area (TPSA) is 93.1 Å². The number of likely N-dealkylation sites (tertiary alicyclic amines) is 1. The third-order valence-electron chi connectivity index (χ3n) is 4.98. The van der Waals surface area contributed by atoms with Crippen LogP contribution >= 0.6 is 15.9 Å². The Morgan fingerprint density at radius 1 is 1.28 bits per heavy atom. The number of para-hydroxylation sites is 1. The molecule has 1 aromatic carbocycles. The number of amides is 2. The Balaban J connectivity index is 1.30. The Bertz CT molecular complexity index is 951. The van der Waals surface area contributed by atoms with Gasteiger partial charge in [0.15, 0.2) is 6.10 Å². The third kappa shape index (κ3) is 4.67. The molecule has 29 heavy (non-hydrogen) atoms. The summed E-state index contributed by atoms with van der Waals surface area (Å²) < 4.78 is 6.18. The quantitative estimate of drug-likeness (QED) is 0.692. The van der Waals surface area contributed by atoms with E-state index in [-0.39, 0.29) is 18.7 Å². The molecule has 152 valence electrons. The van der Waals surface area contributed by atoms with Gasteiger partial charge in [-0.3, -0.25) is 0 Å². The number of oxime groups is 1. The van der Waals surface area contributed by atoms with Gasteiger partial charge in [-0.25, -0.2) is 14.6 Å². The minimum absolute atomic E-state index is 0.0803. The summed E-state index contributed by atoms with van der Waals surface area (Å²) in [7, 11) is 0. The van der Waals surface area contributed by atoms with Crippen LogP contribution in [0.2, 0.25) is 0 Å². The number of benzene rings is 1. The Morgan fingerprint density at radius 3 is 2.97 bits per heavy atom. The van der Waals surface area contributed by atoms with Crippen LogP contribution in [0, 0.1) is 0 Å². The number of esters is 1. The van der Waals surface area contributed by atoms with Crippen molar-refractivity contribution in [3.63, 3.8) is 0 Å². The summed E-state index contributed by atoms with van der Waals surface area (Å²) in [6, 6.07) is 10.7. The fourth-order valence-corrected chi connectivity index (χ4v) is 3.94. The van der Waals surface area contributed by atoms with E-state index in [2.05, 4.69) is 31.4 Å². The van der Waals surface area contributed by atoms with Crippen LogP contribution < -0.4 is 5.32 Å². The van der Waals surface area contributed by atoms with Crippen molar-refractivity contribution in [1.82, 2.24) is 15.2 Å². The van der Waals surface area contributed by atoms with E-state index in [1.165, 1.54) is 4.90 Å². The summed E-state index contributed by atoms with van der Waals surface area (Å²) in [4.78, 5) is 36.3. The van der Waals surface area contributed by atoms with Gasteiger partial charge in [-0.2, -0.15) is 0 Å². The first-order valence-electron chi connectivity index (χ1n) is 9.54. The van der Waals surface area contributed by atoms with Crippen molar-refractivity contribution in [1.29, 1.82) is 0 Å². The third-order valence-corrected chi connectivity index (χ3v) is 5.45. The van der Waals surface area contributed by atoms with Gasteiger partial charge in [0.1, 0.15) is 17.3 Å². The van der Waals surface area contributed by atoms with Gasteiger partial charge in [-0.05, 0) is 40.9 Å². The number of hydrogen-bond acceptors (Lipinski definition) is 6. The van der Waals surface area contributed by atoms with Crippen LogP contribution in [-0.2, 0) is 21.0 Å². The molecule has 1 unspecified atom stereocenters. The number of nitrogens with one attached hydrogen (secondary N) is 1. The lowest BCUT2D eigenvalue weighted by Crippen LogP contribution is -2.48. The maximum Gasteiger partial charge on any atom is 0.329 e. The van der Waals surface area contributed by atoms with E-state index in [4.69, 9.17) is 9.57 Å². The maximum absolute atomic E-state index is 12.6. The molecule has 2 aliphatic rings. The number of fused-ring (bicyclic) bond motifs is 1. The first-order chi connectivity index (χ1) is 14.1. The first-order valence-corrected chi connectivity index (χ1v) is 10.3. The minimum Gasteiger partial charge on any atom is -0.458 e. The summed E-state index contributed by atoms with van der Waals surface area (Å²) in [6.45, 7) is 0.930. The second-order valence-electron chi connectivity index (χ2n) is 7.04. The lowest BCUT2D eigenvalue weighted by Gasteiger charge is -2.24. The van der Waals surface area contributed by atoms with Gasteiger partial charge in [-0.1, -0.05) is 29.4 Å². The van der Waals surface area contributed by atoms with E-state index < -0.39 is 12.0 Å². The number of carbonyl (C=O) groups excluding carboxylic acids is 2. The Labute approximate surface area is 176 Å². The Hall–Kier alpha value is -2.68. The number of hydrogen-bond donors (Lipinski definition) is 1. The molecule has 0 radical (unpaired) electrons. The van der Waals surface area contributed by atoms with Crippen LogP contribution in [0.1, 0.15) is 25.0 Å². The van der Waals surface area contributed by atoms with Gasteiger partial charge in [0, 0.05) is 18.4 Å². The van der Waals surface area contributed by atoms with Crippen molar-refractivity contribution in [2.75, 3.05) is 13.1 Å². The van der Waals surface area contributed by atoms with E-state index in [1.54, 1.807) is 0 Å². The smallest absolute Gasteiger partial charge is 0.329 e. The van der Waals surface area contributed by atoms with Crippen molar-refractivity contribution < 1.29 is 19.2 Å². The van der Waals surface area contributed by atoms with Gasteiger partial charge in [-0.15, -0.1) is 0 Å². The van der Waals surface area contributed by atoms with Crippen molar-refractivity contribution in [2.45, 2.75) is 38.0 Å². The molecule has 8 nitrogen and oxygen atoms in total. The maximum atomic E-state index is 12.6. The Kier molecular flexibility index (Phi) is 5.94. The van der Waals surface area contributed by atoms with Crippen LogP contribution in [0.25, 0.3) is 10.9 Å². The molecule has 0 bridgehead atoms. The monoisotopic (exact) mass is 460 g/mol. The molecular formula is C20H21BrN4O4. The number of ether oxygens (including phenoxy) is 1. The molecule has 2 amide bonds. The van der Waals surface area contributed by atoms with E-state index in [1.807, 2.05) is 36.4 Å². The highest BCUT2D eigenvalue weighted by Crippen LogP contribution is 2.20. The average Bonchev–Trinajstić information content (AvgIpc) is 3.39. The molecule has 9 heteroatoms. The van der Waals surface area contributed by atoms with Crippen molar-refractivity contribution in [3.05, 3.63) is 42.1 Å². The Morgan fingerprint density at radius 2 is 2.14 bits per heavy atom. The lowest BCUT2D eigenvalue weighted by atomic mass is 10.2. The van der Waals surface area contributed by atoms with Gasteiger partial charge in [0.2, 0.25) is 0 Å². The zero-order chi connectivity index (χ0) is 20.2. The normalized spacial score (nSPS) is 21.0. The molecule has 1 fully saturated rings. The van der Waals surface area contributed by atoms with E-state index in [0.717, 1.165) is 21.9 Å². The molecule has 2 atom stereocenters. The fraction of sp³-hybridized carbons (Fsp3) is 0.400. The highest BCUT2D eigenvalue weighted by atomic mass is 79.9. The highest BCUT2D eigenvalue weighted by molar-refractivity contribution is 9.18. The zero-order valence-corrected chi connectivity index (χ0v) is 17.3. The number of pyridine rings is 1. The molecule has 3 heterocycles. The second kappa shape index (κ2) is 8.77. The van der Waals surface area contributed by atoms with E-state index in [0.29, 0.717) is 31.6 Å². The van der Waals surface area contributed by atoms with E-state index >= 15 is 0 Å². The van der Waals surface area contributed by atoms with Crippen LogP contribution in [0.4, 0.5) is 4.79 Å².